The molecule has 0 unspecified atom stereocenters. The molecule has 0 aliphatic heterocycles. The smallest absolute Gasteiger partial charge is 0.269 e. The van der Waals surface area contributed by atoms with Crippen LogP contribution in [-0.4, -0.2) is 92.5 Å². The summed E-state index contributed by atoms with van der Waals surface area (Å²) in [6.45, 7) is 11.4. The predicted octanol–water partition coefficient (Wildman–Crippen LogP) is 27.1. The summed E-state index contributed by atoms with van der Waals surface area (Å²) in [4.78, 5) is 85.1. The van der Waals surface area contributed by atoms with E-state index in [1.807, 2.05) is 226 Å². The molecular weight excluding hydrogens is 2660 g/mol. The topological polar surface area (TPSA) is 273 Å². The Morgan fingerprint density at radius 1 is 0.357 bits per heavy atom. The largest absolute Gasteiger partial charge is 0.512 e. The predicted molar refractivity (Wildman–Crippen MR) is 548 cm³/mol. The number of aromatic nitrogens is 7. The van der Waals surface area contributed by atoms with E-state index in [-0.39, 0.29) is 147 Å². The monoisotopic (exact) mass is 2760 g/mol. The molecule has 0 saturated carbocycles. The molecule has 717 valence electrons. The standard InChI is InChI=1S/2C19H12N.C18H13N2O2S.C15H10N.C14H9N2.C11H8N.4C5H8O2.5Ir/c1-2-8-16-13-20-19(12-15(16)7-1)18-11-5-9-14-6-3-4-10-17(14)18;1-2-7-16-13-17(10-9-14(16)5-1)19-18-8-4-3-6-15(18)11-12-20-19;1-20(2)12-8-7-11-9-13(18(21)22-15(11)10-12)17-19-14-5-3-4-6-16(14)23-17;1-2-7-13(8-3-1)15-14-9-5-4-6-12(14)10-11-16-15;1-2-4-13-11(3-1)7-10-16-14(13)12-5-8-15-9-6-12;1-2-6-10(7-3-1)11-8-4-5-9-12-11;4*1-4(6)3-5(2)7;;;;;/h1-10,12-13H;1-9,11-13H;3-8,10H,1-2H3;1-7,9-11H;1-5,7-10H;1-6,8-9H;4*3,6H,1-2H3;;;;;/q6*-1;;;;;;;;;. The summed E-state index contributed by atoms with van der Waals surface area (Å²) < 4.78 is 6.53. The van der Waals surface area contributed by atoms with Crippen molar-refractivity contribution in [3.8, 4) is 66.9 Å². The van der Waals surface area contributed by atoms with Crippen LogP contribution in [0.2, 0.25) is 0 Å². The number of aliphatic hydroxyl groups excluding tert-OH is 4. The second kappa shape index (κ2) is 59.4. The number of anilines is 1. The van der Waals surface area contributed by atoms with Crippen LogP contribution in [0.4, 0.5) is 5.69 Å². The van der Waals surface area contributed by atoms with Crippen LogP contribution in [0.5, 0.6) is 0 Å². The van der Waals surface area contributed by atoms with Gasteiger partial charge in [0.15, 0.2) is 23.1 Å². The summed E-state index contributed by atoms with van der Waals surface area (Å²) in [6, 6.07) is 123. The first-order valence-electron chi connectivity index (χ1n) is 42.7. The Bertz CT molecular complexity index is 7160. The molecule has 0 aliphatic rings. The number of pyridine rings is 6. The number of benzene rings is 12. The molecule has 20 aromatic rings. The Morgan fingerprint density at radius 3 is 1.26 bits per heavy atom. The van der Waals surface area contributed by atoms with Gasteiger partial charge in [0.05, 0.1) is 39.1 Å². The molecule has 0 amide bonds. The first-order valence-corrected chi connectivity index (χ1v) is 43.5. The zero-order chi connectivity index (χ0) is 96.0. The van der Waals surface area contributed by atoms with E-state index in [4.69, 9.17) is 24.8 Å². The first-order chi connectivity index (χ1) is 65.3. The van der Waals surface area contributed by atoms with Gasteiger partial charge in [0.25, 0.3) is 5.63 Å². The number of hydrogen-bond acceptors (Lipinski definition) is 19. The molecule has 0 aliphatic carbocycles. The number of fused-ring (bicyclic) bond motifs is 8. The van der Waals surface area contributed by atoms with Gasteiger partial charge in [-0.15, -0.1) is 148 Å². The molecule has 8 aromatic heterocycles. The van der Waals surface area contributed by atoms with E-state index >= 15 is 0 Å². The summed E-state index contributed by atoms with van der Waals surface area (Å²) in [5, 5.41) is 49.2. The van der Waals surface area contributed by atoms with E-state index in [1.54, 1.807) is 18.6 Å². The number of nitrogens with zero attached hydrogens (tertiary/aromatic N) is 8. The molecular formula is C116H96Ir5N8O10S-6. The van der Waals surface area contributed by atoms with Gasteiger partial charge in [0.1, 0.15) is 0 Å². The number of carbonyl (C=O) groups excluding carboxylic acids is 4. The molecule has 5 radical (unpaired) electrons. The summed E-state index contributed by atoms with van der Waals surface area (Å²) in [6.07, 6.45) is 17.3. The van der Waals surface area contributed by atoms with Gasteiger partial charge in [-0.2, -0.15) is 23.0 Å². The van der Waals surface area contributed by atoms with Gasteiger partial charge in [-0.05, 0) is 187 Å². The normalized spacial score (nSPS) is 10.5. The van der Waals surface area contributed by atoms with Crippen molar-refractivity contribution in [2.24, 2.45) is 0 Å². The minimum Gasteiger partial charge on any atom is -0.512 e. The minimum absolute atomic E-state index is 0. The van der Waals surface area contributed by atoms with E-state index in [2.05, 4.69) is 199 Å². The summed E-state index contributed by atoms with van der Waals surface area (Å²) in [5.41, 5.74) is 12.4. The molecule has 140 heavy (non-hydrogen) atoms. The van der Waals surface area contributed by atoms with Crippen LogP contribution in [-0.2, 0) is 120 Å². The molecule has 0 saturated heterocycles. The quantitative estimate of drug-likeness (QED) is 0.0405. The van der Waals surface area contributed by atoms with E-state index < -0.39 is 5.63 Å². The van der Waals surface area contributed by atoms with Gasteiger partial charge < -0.3 is 54.7 Å². The Kier molecular flexibility index (Phi) is 48.7. The number of para-hydroxylation sites is 1. The third-order valence-electron chi connectivity index (χ3n) is 19.4. The van der Waals surface area contributed by atoms with E-state index in [9.17, 15) is 24.0 Å². The molecule has 12 aromatic carbocycles. The first kappa shape index (κ1) is 115. The number of thiazole rings is 1. The molecule has 18 nitrogen and oxygen atoms in total. The van der Waals surface area contributed by atoms with Gasteiger partial charge in [-0.25, -0.2) is 0 Å². The van der Waals surface area contributed by atoms with Crippen molar-refractivity contribution in [2.75, 3.05) is 19.0 Å². The van der Waals surface area contributed by atoms with Crippen molar-refractivity contribution in [3.05, 3.63) is 447 Å². The van der Waals surface area contributed by atoms with Crippen LogP contribution < -0.4 is 10.5 Å². The van der Waals surface area contributed by atoms with E-state index in [0.717, 1.165) is 88.3 Å². The molecule has 20 rings (SSSR count). The summed E-state index contributed by atoms with van der Waals surface area (Å²) in [7, 11) is 3.89. The molecule has 0 atom stereocenters. The van der Waals surface area contributed by atoms with Crippen LogP contribution >= 0.6 is 11.3 Å². The van der Waals surface area contributed by atoms with Crippen molar-refractivity contribution in [1.29, 1.82) is 0 Å². The van der Waals surface area contributed by atoms with Gasteiger partial charge >= 0.3 is 0 Å². The third kappa shape index (κ3) is 35.5. The number of allylic oxidation sites excluding steroid dienone is 8. The van der Waals surface area contributed by atoms with Crippen molar-refractivity contribution in [3.63, 3.8) is 0 Å². The number of hydrogen-bond donors (Lipinski definition) is 4. The third-order valence-corrected chi connectivity index (χ3v) is 20.4. The maximum absolute atomic E-state index is 12.3. The summed E-state index contributed by atoms with van der Waals surface area (Å²) >= 11 is 1.47. The Hall–Kier alpha value is -13.9. The number of ketones is 4. The van der Waals surface area contributed by atoms with E-state index in [1.165, 1.54) is 145 Å². The fraction of sp³-hybridized carbons (Fsp3) is 0.0862. The summed E-state index contributed by atoms with van der Waals surface area (Å²) in [5.74, 6) is -0.250. The van der Waals surface area contributed by atoms with Gasteiger partial charge in [-0.3, -0.25) is 33.9 Å². The van der Waals surface area contributed by atoms with Crippen LogP contribution in [0.15, 0.2) is 409 Å². The number of rotatable bonds is 11. The molecule has 4 N–H and O–H groups in total. The van der Waals surface area contributed by atoms with Crippen molar-refractivity contribution in [2.45, 2.75) is 55.4 Å². The van der Waals surface area contributed by atoms with Crippen molar-refractivity contribution in [1.82, 2.24) is 34.9 Å². The second-order valence-corrected chi connectivity index (χ2v) is 31.5. The maximum atomic E-state index is 12.3. The fourth-order valence-corrected chi connectivity index (χ4v) is 14.5. The SMILES string of the molecule is CC(=O)C=C(C)O.CC(=O)C=C(C)O.CC(=O)C=C(C)O.CC(=O)C=C(C)O.CN(C)c1ccc2[c-]c(-c3nc4ccccc4s3)c(=O)oc2c1.[Ir].[Ir].[Ir].[Ir].[Ir].[c-]1cc2ccccc2cc1-c1nccc2ccccc12.[c-]1ccc2ccccc2c1-c1cc2ccccc2cn1.[c-]1ccccc1-c1ccccn1.[c-]1ccccc1-c1nccc2ccccc12.[c-]1cnccc1-c1nccc2ccccc12. The molecule has 0 spiro atoms. The fourth-order valence-electron chi connectivity index (χ4n) is 13.5. The van der Waals surface area contributed by atoms with Crippen LogP contribution in [0.25, 0.3) is 153 Å². The Balaban J connectivity index is 0.000000244. The second-order valence-electron chi connectivity index (χ2n) is 30.4. The maximum Gasteiger partial charge on any atom is 0.269 e. The number of carbonyl (C=O) groups is 4. The average Bonchev–Trinajstić information content (AvgIpc) is 1.54. The van der Waals surface area contributed by atoms with Crippen LogP contribution in [0.3, 0.4) is 0 Å². The van der Waals surface area contributed by atoms with Gasteiger partial charge in [0.2, 0.25) is 0 Å². The van der Waals surface area contributed by atoms with Gasteiger partial charge in [-0.1, -0.05) is 198 Å². The minimum atomic E-state index is -0.410. The average molecular weight is 2760 g/mol. The zero-order valence-corrected chi connectivity index (χ0v) is 90.5. The molecule has 0 fully saturated rings. The van der Waals surface area contributed by atoms with Crippen molar-refractivity contribution < 1.29 is 145 Å². The molecule has 0 bridgehead atoms. The van der Waals surface area contributed by atoms with Crippen LogP contribution in [0.1, 0.15) is 55.4 Å². The van der Waals surface area contributed by atoms with Crippen molar-refractivity contribution >= 4 is 126 Å². The van der Waals surface area contributed by atoms with E-state index in [0.29, 0.717) is 16.2 Å². The van der Waals surface area contributed by atoms with Gasteiger partial charge in [0, 0.05) is 180 Å². The number of aliphatic hydroxyl groups is 4. The van der Waals surface area contributed by atoms with Crippen LogP contribution in [0, 0.1) is 36.4 Å². The molecule has 24 heteroatoms. The zero-order valence-electron chi connectivity index (χ0n) is 77.7. The molecule has 8 heterocycles. The Labute approximate surface area is 885 Å². The Morgan fingerprint density at radius 2 is 0.800 bits per heavy atom.